The average molecular weight is 440 g/mol. The molecule has 2 aromatic carbocycles. The van der Waals surface area contributed by atoms with Crippen molar-refractivity contribution in [3.8, 4) is 11.5 Å². The Balaban J connectivity index is 1.72. The van der Waals surface area contributed by atoms with Gasteiger partial charge in [0.2, 0.25) is 0 Å². The number of ether oxygens (including phenoxy) is 2. The van der Waals surface area contributed by atoms with Crippen molar-refractivity contribution in [3.63, 3.8) is 0 Å². The molecule has 0 radical (unpaired) electrons. The molecule has 0 aromatic heterocycles. The van der Waals surface area contributed by atoms with Crippen molar-refractivity contribution in [3.05, 3.63) is 54.1 Å². The van der Waals surface area contributed by atoms with Crippen LogP contribution >= 0.6 is 0 Å². The van der Waals surface area contributed by atoms with Crippen LogP contribution in [0.4, 0.5) is 0 Å². The van der Waals surface area contributed by atoms with E-state index in [4.69, 9.17) is 9.47 Å². The Kier molecular flexibility index (Phi) is 6.50. The van der Waals surface area contributed by atoms with Gasteiger partial charge in [-0.05, 0) is 42.8 Å². The fraction of sp³-hybridized carbons (Fsp3) is 0.400. The summed E-state index contributed by atoms with van der Waals surface area (Å²) in [5.74, 6) is 0.687. The van der Waals surface area contributed by atoms with E-state index in [1.165, 1.54) is 12.1 Å². The van der Waals surface area contributed by atoms with Gasteiger partial charge in [0.25, 0.3) is 0 Å². The molecule has 1 aliphatic rings. The summed E-state index contributed by atoms with van der Waals surface area (Å²) in [4.78, 5) is 0.147. The van der Waals surface area contributed by atoms with Gasteiger partial charge >= 0.3 is 0 Å². The second-order valence-corrected chi connectivity index (χ2v) is 11.3. The minimum Gasteiger partial charge on any atom is -0.493 e. The lowest BCUT2D eigenvalue weighted by atomic mass is 10.1. The van der Waals surface area contributed by atoms with Crippen molar-refractivity contribution in [2.45, 2.75) is 22.6 Å². The van der Waals surface area contributed by atoms with Crippen LogP contribution < -0.4 is 14.8 Å². The molecule has 0 spiro atoms. The van der Waals surface area contributed by atoms with Crippen LogP contribution in [-0.4, -0.2) is 60.4 Å². The van der Waals surface area contributed by atoms with E-state index < -0.39 is 31.0 Å². The van der Waals surface area contributed by atoms with Crippen LogP contribution in [0, 0.1) is 0 Å². The van der Waals surface area contributed by atoms with Crippen LogP contribution in [0.2, 0.25) is 0 Å². The molecule has 1 aliphatic heterocycles. The van der Waals surface area contributed by atoms with E-state index in [2.05, 4.69) is 5.32 Å². The monoisotopic (exact) mass is 439 g/mol. The van der Waals surface area contributed by atoms with E-state index in [1.54, 1.807) is 38.5 Å². The highest BCUT2D eigenvalue weighted by atomic mass is 32.2. The number of benzene rings is 2. The van der Waals surface area contributed by atoms with Gasteiger partial charge in [-0.25, -0.2) is 16.8 Å². The van der Waals surface area contributed by atoms with Crippen molar-refractivity contribution in [1.29, 1.82) is 0 Å². The van der Waals surface area contributed by atoms with Crippen molar-refractivity contribution in [2.24, 2.45) is 0 Å². The van der Waals surface area contributed by atoms with Gasteiger partial charge in [0.05, 0.1) is 35.9 Å². The lowest BCUT2D eigenvalue weighted by molar-refractivity contribution is 0.354. The Hall–Kier alpha value is -2.10. The molecule has 3 rings (SSSR count). The van der Waals surface area contributed by atoms with Gasteiger partial charge in [-0.2, -0.15) is 0 Å². The maximum atomic E-state index is 13.0. The SMILES string of the molecule is COc1ccc(CCN[C@H]2CS(=O)(=O)C[C@@H]2S(=O)(=O)c2ccccc2)cc1OC. The summed E-state index contributed by atoms with van der Waals surface area (Å²) < 4.78 is 60.8. The van der Waals surface area contributed by atoms with Gasteiger partial charge < -0.3 is 14.8 Å². The topological polar surface area (TPSA) is 98.8 Å². The molecule has 29 heavy (non-hydrogen) atoms. The third-order valence-corrected chi connectivity index (χ3v) is 9.21. The van der Waals surface area contributed by atoms with Crippen LogP contribution in [0.25, 0.3) is 0 Å². The zero-order chi connectivity index (χ0) is 21.1. The Labute approximate surface area is 171 Å². The summed E-state index contributed by atoms with van der Waals surface area (Å²) in [6.07, 6.45) is 0.592. The minimum absolute atomic E-state index is 0.147. The molecule has 0 amide bonds. The van der Waals surface area contributed by atoms with Crippen molar-refractivity contribution in [1.82, 2.24) is 5.32 Å². The molecular weight excluding hydrogens is 414 g/mol. The lowest BCUT2D eigenvalue weighted by Gasteiger charge is -2.20. The molecule has 1 heterocycles. The average Bonchev–Trinajstić information content (AvgIpc) is 3.03. The molecule has 7 nitrogen and oxygen atoms in total. The van der Waals surface area contributed by atoms with E-state index in [0.717, 1.165) is 5.56 Å². The second-order valence-electron chi connectivity index (χ2n) is 6.97. The highest BCUT2D eigenvalue weighted by Crippen LogP contribution is 2.28. The molecule has 0 aliphatic carbocycles. The van der Waals surface area contributed by atoms with Gasteiger partial charge in [0.1, 0.15) is 0 Å². The van der Waals surface area contributed by atoms with Gasteiger partial charge in [0, 0.05) is 6.04 Å². The number of methoxy groups -OCH3 is 2. The van der Waals surface area contributed by atoms with Crippen molar-refractivity contribution < 1.29 is 26.3 Å². The van der Waals surface area contributed by atoms with E-state index in [0.29, 0.717) is 24.5 Å². The third kappa shape index (κ3) is 4.91. The summed E-state index contributed by atoms with van der Waals surface area (Å²) in [6, 6.07) is 12.9. The molecular formula is C20H25NO6S2. The van der Waals surface area contributed by atoms with Gasteiger partial charge in [-0.15, -0.1) is 0 Å². The van der Waals surface area contributed by atoms with E-state index in [9.17, 15) is 16.8 Å². The Bertz CT molecular complexity index is 1050. The van der Waals surface area contributed by atoms with E-state index >= 15 is 0 Å². The van der Waals surface area contributed by atoms with Gasteiger partial charge in [-0.3, -0.25) is 0 Å². The number of sulfone groups is 2. The zero-order valence-electron chi connectivity index (χ0n) is 16.4. The zero-order valence-corrected chi connectivity index (χ0v) is 18.0. The standard InChI is InChI=1S/C20H25NO6S2/c1-26-18-9-8-15(12-19(18)27-2)10-11-21-17-13-28(22,23)14-20(17)29(24,25)16-6-4-3-5-7-16/h3-9,12,17,20-21H,10-11,13-14H2,1-2H3/t17-,20-/m0/s1. The summed E-state index contributed by atoms with van der Waals surface area (Å²) in [6.45, 7) is 0.441. The first-order valence-electron chi connectivity index (χ1n) is 9.20. The second kappa shape index (κ2) is 8.73. The molecule has 2 atom stereocenters. The molecule has 2 aromatic rings. The fourth-order valence-corrected chi connectivity index (χ4v) is 8.27. The molecule has 0 unspecified atom stereocenters. The Morgan fingerprint density at radius 1 is 1.00 bits per heavy atom. The largest absolute Gasteiger partial charge is 0.493 e. The predicted octanol–water partition coefficient (Wildman–Crippen LogP) is 1.48. The fourth-order valence-electron chi connectivity index (χ4n) is 3.53. The molecule has 0 bridgehead atoms. The minimum atomic E-state index is -3.75. The van der Waals surface area contributed by atoms with Crippen LogP contribution in [-0.2, 0) is 26.1 Å². The van der Waals surface area contributed by atoms with Crippen LogP contribution in [0.15, 0.2) is 53.4 Å². The summed E-state index contributed by atoms with van der Waals surface area (Å²) >= 11 is 0. The van der Waals surface area contributed by atoms with Crippen LogP contribution in [0.1, 0.15) is 5.56 Å². The lowest BCUT2D eigenvalue weighted by Crippen LogP contribution is -2.44. The maximum absolute atomic E-state index is 13.0. The summed E-state index contributed by atoms with van der Waals surface area (Å²) in [5, 5.41) is 2.15. The van der Waals surface area contributed by atoms with Crippen LogP contribution in [0.5, 0.6) is 11.5 Å². The smallest absolute Gasteiger partial charge is 0.183 e. The molecule has 9 heteroatoms. The quantitative estimate of drug-likeness (QED) is 0.665. The van der Waals surface area contributed by atoms with Crippen LogP contribution in [0.3, 0.4) is 0 Å². The first kappa shape index (κ1) is 21.6. The first-order valence-corrected chi connectivity index (χ1v) is 12.6. The van der Waals surface area contributed by atoms with Gasteiger partial charge in [0.15, 0.2) is 31.2 Å². The van der Waals surface area contributed by atoms with Crippen molar-refractivity contribution >= 4 is 19.7 Å². The summed E-state index contributed by atoms with van der Waals surface area (Å²) in [5.41, 5.74) is 0.971. The molecule has 158 valence electrons. The molecule has 1 saturated heterocycles. The van der Waals surface area contributed by atoms with Gasteiger partial charge in [-0.1, -0.05) is 24.3 Å². The third-order valence-electron chi connectivity index (χ3n) is 5.04. The Morgan fingerprint density at radius 2 is 1.69 bits per heavy atom. The van der Waals surface area contributed by atoms with E-state index in [1.807, 2.05) is 12.1 Å². The number of hydrogen-bond acceptors (Lipinski definition) is 7. The number of rotatable bonds is 8. The highest BCUT2D eigenvalue weighted by molar-refractivity contribution is 7.96. The molecule has 1 fully saturated rings. The van der Waals surface area contributed by atoms with E-state index in [-0.39, 0.29) is 16.4 Å². The van der Waals surface area contributed by atoms with Crippen molar-refractivity contribution in [2.75, 3.05) is 32.3 Å². The maximum Gasteiger partial charge on any atom is 0.183 e. The normalized spacial score (nSPS) is 21.0. The predicted molar refractivity (Wildman–Crippen MR) is 111 cm³/mol. The molecule has 1 N–H and O–H groups in total. The number of nitrogens with one attached hydrogen (secondary N) is 1. The highest BCUT2D eigenvalue weighted by Gasteiger charge is 2.45. The molecule has 0 saturated carbocycles. The Morgan fingerprint density at radius 3 is 2.34 bits per heavy atom. The first-order chi connectivity index (χ1) is 13.8. The number of hydrogen-bond donors (Lipinski definition) is 1. The summed E-state index contributed by atoms with van der Waals surface area (Å²) in [7, 11) is -4.06.